The van der Waals surface area contributed by atoms with Crippen molar-refractivity contribution in [2.45, 2.75) is 78.6 Å². The van der Waals surface area contributed by atoms with Crippen molar-refractivity contribution in [3.05, 3.63) is 138 Å². The smallest absolute Gasteiger partial charge is 0.0641 e. The highest BCUT2D eigenvalue weighted by molar-refractivity contribution is 6.28. The van der Waals surface area contributed by atoms with Crippen molar-refractivity contribution < 1.29 is 0 Å². The van der Waals surface area contributed by atoms with Gasteiger partial charge >= 0.3 is 0 Å². The number of nitrogens with zero attached hydrogens (tertiary/aromatic N) is 1. The first-order valence-corrected chi connectivity index (χ1v) is 18.3. The molecule has 0 atom stereocenters. The Bertz CT molecular complexity index is 2580. The van der Waals surface area contributed by atoms with Crippen LogP contribution < -0.4 is 5.32 Å². The second-order valence-electron chi connectivity index (χ2n) is 17.4. The van der Waals surface area contributed by atoms with Gasteiger partial charge in [0.2, 0.25) is 0 Å². The van der Waals surface area contributed by atoms with Crippen LogP contribution in [-0.2, 0) is 16.2 Å². The minimum absolute atomic E-state index is 0.0212. The zero-order chi connectivity index (χ0) is 35.9. The molecule has 0 fully saturated rings. The highest BCUT2D eigenvalue weighted by atomic mass is 15.0. The summed E-state index contributed by atoms with van der Waals surface area (Å²) in [5.41, 5.74) is 14.6. The lowest BCUT2D eigenvalue weighted by molar-refractivity contribution is 0.590. The molecule has 2 heterocycles. The van der Waals surface area contributed by atoms with Crippen LogP contribution in [0.2, 0.25) is 0 Å². The number of nitrogens with one attached hydrogen (secondary N) is 2. The lowest BCUT2D eigenvalue weighted by atomic mass is 9.84. The zero-order valence-corrected chi connectivity index (χ0v) is 31.5. The van der Waals surface area contributed by atoms with E-state index in [1.54, 1.807) is 0 Å². The van der Waals surface area contributed by atoms with Crippen LogP contribution in [0.1, 0.15) is 79.0 Å². The maximum Gasteiger partial charge on any atom is 0.0641 e. The van der Waals surface area contributed by atoms with Crippen LogP contribution in [0, 0.1) is 0 Å². The van der Waals surface area contributed by atoms with E-state index in [9.17, 15) is 0 Å². The summed E-state index contributed by atoms with van der Waals surface area (Å²) in [6, 6.07) is 45.0. The molecule has 6 aromatic carbocycles. The van der Waals surface area contributed by atoms with E-state index < -0.39 is 0 Å². The van der Waals surface area contributed by atoms with Crippen molar-refractivity contribution in [1.82, 2.24) is 9.55 Å². The summed E-state index contributed by atoms with van der Waals surface area (Å²) >= 11 is 0. The molecule has 0 aliphatic rings. The lowest BCUT2D eigenvalue weighted by Crippen LogP contribution is -2.12. The Hall–Kier alpha value is -5.28. The van der Waals surface area contributed by atoms with E-state index >= 15 is 0 Å². The molecule has 0 aliphatic heterocycles. The highest BCUT2D eigenvalue weighted by Crippen LogP contribution is 2.45. The Labute approximate surface area is 302 Å². The van der Waals surface area contributed by atoms with Crippen molar-refractivity contribution in [2.24, 2.45) is 0 Å². The third kappa shape index (κ3) is 5.79. The molecule has 3 heteroatoms. The van der Waals surface area contributed by atoms with Gasteiger partial charge in [-0.25, -0.2) is 0 Å². The number of para-hydroxylation sites is 2. The van der Waals surface area contributed by atoms with Gasteiger partial charge in [-0.15, -0.1) is 0 Å². The third-order valence-electron chi connectivity index (χ3n) is 10.5. The average molecular weight is 668 g/mol. The van der Waals surface area contributed by atoms with Gasteiger partial charge in [0.25, 0.3) is 0 Å². The van der Waals surface area contributed by atoms with Crippen molar-refractivity contribution in [1.29, 1.82) is 0 Å². The summed E-state index contributed by atoms with van der Waals surface area (Å²) in [4.78, 5) is 3.95. The fourth-order valence-electron chi connectivity index (χ4n) is 7.56. The lowest BCUT2D eigenvalue weighted by Gasteiger charge is -2.23. The summed E-state index contributed by atoms with van der Waals surface area (Å²) in [5.74, 6) is 0. The Balaban J connectivity index is 1.45. The van der Waals surface area contributed by atoms with Crippen molar-refractivity contribution in [2.75, 3.05) is 5.32 Å². The number of aromatic nitrogens is 2. The quantitative estimate of drug-likeness (QED) is 0.192. The second-order valence-corrected chi connectivity index (χ2v) is 17.4. The molecule has 256 valence electrons. The third-order valence-corrected chi connectivity index (χ3v) is 10.5. The molecule has 2 N–H and O–H groups in total. The number of hydrogen-bond acceptors (Lipinski definition) is 1. The summed E-state index contributed by atoms with van der Waals surface area (Å²) in [5, 5.41) is 8.81. The number of rotatable bonds is 4. The van der Waals surface area contributed by atoms with Crippen LogP contribution in [0.25, 0.3) is 60.4 Å². The van der Waals surface area contributed by atoms with E-state index in [1.165, 1.54) is 60.4 Å². The van der Waals surface area contributed by atoms with Crippen LogP contribution in [0.4, 0.5) is 11.4 Å². The molecule has 0 unspecified atom stereocenters. The summed E-state index contributed by atoms with van der Waals surface area (Å²) in [7, 11) is 0. The second kappa shape index (κ2) is 11.6. The first-order chi connectivity index (χ1) is 24.2. The Morgan fingerprint density at radius 2 is 1.16 bits per heavy atom. The zero-order valence-electron chi connectivity index (χ0n) is 31.5. The Kier molecular flexibility index (Phi) is 7.50. The average Bonchev–Trinajstić information content (AvgIpc) is 3.63. The number of H-pyrrole nitrogens is 1. The van der Waals surface area contributed by atoms with E-state index in [0.717, 1.165) is 28.1 Å². The Morgan fingerprint density at radius 1 is 0.510 bits per heavy atom. The van der Waals surface area contributed by atoms with Gasteiger partial charge in [-0.3, -0.25) is 0 Å². The van der Waals surface area contributed by atoms with E-state index in [4.69, 9.17) is 0 Å². The van der Waals surface area contributed by atoms with Crippen molar-refractivity contribution in [3.8, 4) is 16.8 Å². The molecule has 0 amide bonds. The van der Waals surface area contributed by atoms with Gasteiger partial charge in [0, 0.05) is 49.7 Å². The predicted molar refractivity (Wildman–Crippen MR) is 221 cm³/mol. The maximum atomic E-state index is 3.95. The van der Waals surface area contributed by atoms with Crippen LogP contribution >= 0.6 is 0 Å². The summed E-state index contributed by atoms with van der Waals surface area (Å²) < 4.78 is 2.47. The minimum Gasteiger partial charge on any atom is -0.356 e. The molecule has 0 spiro atoms. The first-order valence-electron chi connectivity index (χ1n) is 18.3. The molecule has 0 saturated heterocycles. The number of anilines is 2. The van der Waals surface area contributed by atoms with E-state index in [2.05, 4.69) is 199 Å². The number of fused-ring (bicyclic) bond motifs is 7. The van der Waals surface area contributed by atoms with Crippen LogP contribution in [0.3, 0.4) is 0 Å². The largest absolute Gasteiger partial charge is 0.356 e. The molecule has 2 aromatic heterocycles. The van der Waals surface area contributed by atoms with Gasteiger partial charge in [-0.05, 0) is 99.2 Å². The minimum atomic E-state index is -0.0445. The van der Waals surface area contributed by atoms with Gasteiger partial charge in [-0.2, -0.15) is 0 Å². The maximum absolute atomic E-state index is 3.95. The number of aromatic amines is 1. The van der Waals surface area contributed by atoms with Gasteiger partial charge in [0.05, 0.1) is 16.6 Å². The van der Waals surface area contributed by atoms with Crippen LogP contribution in [0.5, 0.6) is 0 Å². The van der Waals surface area contributed by atoms with Crippen molar-refractivity contribution in [3.63, 3.8) is 0 Å². The Morgan fingerprint density at radius 3 is 1.84 bits per heavy atom. The molecule has 8 rings (SSSR count). The van der Waals surface area contributed by atoms with Crippen molar-refractivity contribution >= 4 is 55.0 Å². The van der Waals surface area contributed by atoms with Crippen LogP contribution in [-0.4, -0.2) is 9.55 Å². The molecule has 51 heavy (non-hydrogen) atoms. The van der Waals surface area contributed by atoms with E-state index in [1.807, 2.05) is 0 Å². The van der Waals surface area contributed by atoms with Crippen LogP contribution in [0.15, 0.2) is 121 Å². The fourth-order valence-corrected chi connectivity index (χ4v) is 7.56. The summed E-state index contributed by atoms with van der Waals surface area (Å²) in [6.45, 7) is 20.6. The molecular formula is C48H49N3. The predicted octanol–water partition coefficient (Wildman–Crippen LogP) is 13.7. The molecular weight excluding hydrogens is 619 g/mol. The first kappa shape index (κ1) is 32.9. The normalized spacial score (nSPS) is 12.8. The highest BCUT2D eigenvalue weighted by Gasteiger charge is 2.24. The van der Waals surface area contributed by atoms with Gasteiger partial charge in [0.15, 0.2) is 0 Å². The molecule has 0 bridgehead atoms. The number of benzene rings is 6. The van der Waals surface area contributed by atoms with Gasteiger partial charge in [-0.1, -0.05) is 123 Å². The summed E-state index contributed by atoms with van der Waals surface area (Å²) in [6.07, 6.45) is 0. The van der Waals surface area contributed by atoms with Gasteiger partial charge in [0.1, 0.15) is 0 Å². The topological polar surface area (TPSA) is 32.8 Å². The monoisotopic (exact) mass is 667 g/mol. The standard InChI is InChI=1S/C48H49N3/c1-46(2,3)31-19-22-34(23-20-31)49-35-26-30(25-33(27-35)48(7,8)9)38-29-39-37-17-13-14-18-42(37)51(36-15-11-10-12-16-36)45(39)43-40-28-32(47(4,5)6)21-24-41(40)50-44(38)43/h10-29,49-50H,1-9H3. The molecule has 8 aromatic rings. The van der Waals surface area contributed by atoms with E-state index in [0.29, 0.717) is 0 Å². The molecule has 0 saturated carbocycles. The van der Waals surface area contributed by atoms with Gasteiger partial charge < -0.3 is 14.9 Å². The SMILES string of the molecule is CC(C)(C)c1ccc(Nc2cc(-c3cc4c5ccccc5n(-c5ccccc5)c4c4c3[nH]c3ccc(C(C)(C)C)cc34)cc(C(C)(C)C)c2)cc1. The number of hydrogen-bond donors (Lipinski definition) is 2. The fraction of sp³-hybridized carbons (Fsp3) is 0.250. The molecule has 0 aliphatic carbocycles. The molecule has 3 nitrogen and oxygen atoms in total. The molecule has 0 radical (unpaired) electrons. The van der Waals surface area contributed by atoms with E-state index in [-0.39, 0.29) is 16.2 Å².